The zero-order chi connectivity index (χ0) is 42.3. The number of carbonyl (C=O) groups excluding carboxylic acids is 4. The van der Waals surface area contributed by atoms with Gasteiger partial charge in [-0.2, -0.15) is 0 Å². The van der Waals surface area contributed by atoms with Crippen LogP contribution in [0.5, 0.6) is 34.5 Å². The van der Waals surface area contributed by atoms with E-state index in [0.29, 0.717) is 64.8 Å². The molecule has 0 N–H and O–H groups in total. The number of carbonyl (C=O) groups is 4. The topological polar surface area (TPSA) is 137 Å². The minimum Gasteiger partial charge on any atom is -0.497 e. The normalized spacial score (nSPS) is 19.3. The summed E-state index contributed by atoms with van der Waals surface area (Å²) in [6.45, 7) is 0.712. The molecule has 14 nitrogen and oxygen atoms in total. The summed E-state index contributed by atoms with van der Waals surface area (Å²) in [6, 6.07) is 21.1. The van der Waals surface area contributed by atoms with Crippen molar-refractivity contribution in [2.24, 2.45) is 0 Å². The van der Waals surface area contributed by atoms with Gasteiger partial charge in [-0.1, -0.05) is 24.3 Å². The van der Waals surface area contributed by atoms with E-state index in [9.17, 15) is 19.2 Å². The molecular formula is C46H46N4O10. The predicted octanol–water partition coefficient (Wildman–Crippen LogP) is 6.08. The van der Waals surface area contributed by atoms with Crippen molar-refractivity contribution >= 4 is 46.5 Å². The number of methoxy groups -OCH3 is 4. The van der Waals surface area contributed by atoms with Crippen LogP contribution in [0.2, 0.25) is 0 Å². The Morgan fingerprint density at radius 1 is 0.667 bits per heavy atom. The maximum Gasteiger partial charge on any atom is 0.261 e. The van der Waals surface area contributed by atoms with Gasteiger partial charge in [0.25, 0.3) is 11.8 Å². The summed E-state index contributed by atoms with van der Waals surface area (Å²) in [7, 11) is 9.72. The van der Waals surface area contributed by atoms with Crippen molar-refractivity contribution in [1.29, 1.82) is 0 Å². The van der Waals surface area contributed by atoms with E-state index in [1.165, 1.54) is 24.0 Å². The Bertz CT molecular complexity index is 2430. The van der Waals surface area contributed by atoms with Crippen molar-refractivity contribution in [1.82, 2.24) is 9.80 Å². The third-order valence-corrected chi connectivity index (χ3v) is 11.6. The molecule has 0 aromatic heterocycles. The summed E-state index contributed by atoms with van der Waals surface area (Å²) in [4.78, 5) is 61.3. The van der Waals surface area contributed by atoms with Crippen molar-refractivity contribution in [3.8, 4) is 34.5 Å². The van der Waals surface area contributed by atoms with E-state index in [1.54, 1.807) is 62.8 Å². The van der Waals surface area contributed by atoms with E-state index < -0.39 is 11.6 Å². The predicted molar refractivity (Wildman–Crippen MR) is 224 cm³/mol. The molecule has 2 atom stereocenters. The monoisotopic (exact) mass is 814 g/mol. The van der Waals surface area contributed by atoms with Crippen LogP contribution in [0.3, 0.4) is 0 Å². The summed E-state index contributed by atoms with van der Waals surface area (Å²) in [5, 5.41) is 0. The highest BCUT2D eigenvalue weighted by Gasteiger charge is 2.48. The van der Waals surface area contributed by atoms with E-state index in [2.05, 4.69) is 0 Å². The van der Waals surface area contributed by atoms with Crippen molar-refractivity contribution < 1.29 is 47.6 Å². The van der Waals surface area contributed by atoms with Crippen LogP contribution in [0.15, 0.2) is 85.2 Å². The number of rotatable bonds is 13. The first-order chi connectivity index (χ1) is 29.0. The fourth-order valence-electron chi connectivity index (χ4n) is 8.39. The van der Waals surface area contributed by atoms with Crippen LogP contribution in [-0.2, 0) is 9.59 Å². The van der Waals surface area contributed by atoms with Gasteiger partial charge in [-0.25, -0.2) is 0 Å². The van der Waals surface area contributed by atoms with Crippen LogP contribution in [-0.4, -0.2) is 108 Å². The molecule has 0 fully saturated rings. The number of hydrogen-bond acceptors (Lipinski definition) is 11. The summed E-state index contributed by atoms with van der Waals surface area (Å²) in [5.41, 5.74) is 4.19. The van der Waals surface area contributed by atoms with E-state index in [-0.39, 0.29) is 37.5 Å². The quantitative estimate of drug-likeness (QED) is 0.115. The number of likely N-dealkylation sites (N-methyl/N-ethyl adjacent to an activating group) is 2. The number of fused-ring (bicyclic) bond motifs is 4. The SMILES string of the molecule is COc1ccc(C2=CN3C(=O)c4cc(OC)c(OCCCOc5cc6c(cc5OC)C(=O)N5C=C(c7ccc(OC)cc7)CC5(C=O)CN6C)cc4N(C)C(=O)C3C2)cc1. The zero-order valence-electron chi connectivity index (χ0n) is 34.4. The van der Waals surface area contributed by atoms with Gasteiger partial charge >= 0.3 is 0 Å². The van der Waals surface area contributed by atoms with Crippen molar-refractivity contribution in [2.45, 2.75) is 30.8 Å². The van der Waals surface area contributed by atoms with Crippen LogP contribution >= 0.6 is 0 Å². The highest BCUT2D eigenvalue weighted by Crippen LogP contribution is 2.45. The average molecular weight is 815 g/mol. The second kappa shape index (κ2) is 16.0. The summed E-state index contributed by atoms with van der Waals surface area (Å²) in [5.74, 6) is 2.10. The Kier molecular flexibility index (Phi) is 10.6. The van der Waals surface area contributed by atoms with Gasteiger partial charge in [0.2, 0.25) is 5.91 Å². The molecule has 4 aliphatic heterocycles. The van der Waals surface area contributed by atoms with Gasteiger partial charge in [-0.3, -0.25) is 19.3 Å². The molecule has 0 radical (unpaired) electrons. The summed E-state index contributed by atoms with van der Waals surface area (Å²) < 4.78 is 34.3. The molecule has 310 valence electrons. The molecule has 0 bridgehead atoms. The first kappa shape index (κ1) is 39.8. The Hall–Kier alpha value is -6.96. The van der Waals surface area contributed by atoms with Gasteiger partial charge in [0.05, 0.1) is 64.2 Å². The van der Waals surface area contributed by atoms with Gasteiger partial charge in [0, 0.05) is 64.4 Å². The fraction of sp³-hybridized carbons (Fsp3) is 0.304. The van der Waals surface area contributed by atoms with Gasteiger partial charge in [-0.15, -0.1) is 0 Å². The lowest BCUT2D eigenvalue weighted by Gasteiger charge is -2.33. The number of nitrogens with zero attached hydrogens (tertiary/aromatic N) is 4. The number of hydrogen-bond donors (Lipinski definition) is 0. The van der Waals surface area contributed by atoms with Crippen molar-refractivity contribution in [3.63, 3.8) is 0 Å². The lowest BCUT2D eigenvalue weighted by Crippen LogP contribution is -2.52. The van der Waals surface area contributed by atoms with E-state index in [1.807, 2.05) is 60.5 Å². The fourth-order valence-corrected chi connectivity index (χ4v) is 8.39. The number of benzene rings is 4. The van der Waals surface area contributed by atoms with Crippen LogP contribution in [0, 0.1) is 0 Å². The highest BCUT2D eigenvalue weighted by atomic mass is 16.5. The van der Waals surface area contributed by atoms with E-state index in [0.717, 1.165) is 40.1 Å². The third-order valence-electron chi connectivity index (χ3n) is 11.6. The number of aldehydes is 1. The van der Waals surface area contributed by atoms with Gasteiger partial charge in [-0.05, 0) is 58.7 Å². The largest absolute Gasteiger partial charge is 0.497 e. The smallest absolute Gasteiger partial charge is 0.261 e. The molecule has 60 heavy (non-hydrogen) atoms. The Labute approximate surface area is 348 Å². The molecule has 0 spiro atoms. The molecule has 8 rings (SSSR count). The second-order valence-corrected chi connectivity index (χ2v) is 15.1. The number of amides is 3. The molecule has 4 aliphatic rings. The minimum atomic E-state index is -1.10. The maximum absolute atomic E-state index is 14.2. The molecule has 14 heteroatoms. The molecular weight excluding hydrogens is 769 g/mol. The molecule has 3 amide bonds. The minimum absolute atomic E-state index is 0.217. The van der Waals surface area contributed by atoms with E-state index in [4.69, 9.17) is 28.4 Å². The van der Waals surface area contributed by atoms with Crippen molar-refractivity contribution in [3.05, 3.63) is 107 Å². The summed E-state index contributed by atoms with van der Waals surface area (Å²) in [6.07, 6.45) is 5.56. The molecule has 2 unspecified atom stereocenters. The van der Waals surface area contributed by atoms with Gasteiger partial charge in [0.15, 0.2) is 23.0 Å². The Morgan fingerprint density at radius 3 is 1.77 bits per heavy atom. The highest BCUT2D eigenvalue weighted by molar-refractivity contribution is 6.13. The standard InChI is InChI=1S/C46H46N4O10/c1-47-26-46(27-51)23-31(29-10-14-33(56-4)15-11-29)25-50(46)44(53)34-19-39(57-5)41(21-36(34)47)59-16-7-17-60-42-22-37-35(20-40(42)58-6)43(52)49-24-30(18-38(49)45(54)48(37)2)28-8-12-32(55-3)13-9-28/h8-15,19-22,24-25,27,38H,7,16-18,23,26H2,1-6H3. The average Bonchev–Trinajstić information content (AvgIpc) is 3.87. The summed E-state index contributed by atoms with van der Waals surface area (Å²) >= 11 is 0. The Balaban J connectivity index is 0.956. The van der Waals surface area contributed by atoms with Crippen molar-refractivity contribution in [2.75, 3.05) is 72.1 Å². The van der Waals surface area contributed by atoms with Crippen LogP contribution in [0.1, 0.15) is 51.1 Å². The van der Waals surface area contributed by atoms with Gasteiger partial charge in [0.1, 0.15) is 29.4 Å². The van der Waals surface area contributed by atoms with Gasteiger partial charge < -0.3 is 47.9 Å². The van der Waals surface area contributed by atoms with Crippen LogP contribution in [0.25, 0.3) is 11.1 Å². The second-order valence-electron chi connectivity index (χ2n) is 15.1. The molecule has 4 aromatic rings. The van der Waals surface area contributed by atoms with Crippen LogP contribution in [0.4, 0.5) is 11.4 Å². The lowest BCUT2D eigenvalue weighted by molar-refractivity contribution is -0.121. The number of ether oxygens (including phenoxy) is 6. The third kappa shape index (κ3) is 6.91. The lowest BCUT2D eigenvalue weighted by atomic mass is 9.91. The first-order valence-corrected chi connectivity index (χ1v) is 19.5. The first-order valence-electron chi connectivity index (χ1n) is 19.5. The molecule has 0 aliphatic carbocycles. The molecule has 0 saturated carbocycles. The molecule has 0 saturated heterocycles. The van der Waals surface area contributed by atoms with E-state index >= 15 is 0 Å². The maximum atomic E-state index is 14.2. The molecule has 4 heterocycles. The molecule has 4 aromatic carbocycles. The number of anilines is 2. The Morgan fingerprint density at radius 2 is 1.22 bits per heavy atom. The zero-order valence-corrected chi connectivity index (χ0v) is 34.4. The van der Waals surface area contributed by atoms with Crippen LogP contribution < -0.4 is 38.2 Å².